The van der Waals surface area contributed by atoms with Crippen molar-refractivity contribution in [2.45, 2.75) is 5.33 Å². The van der Waals surface area contributed by atoms with Gasteiger partial charge in [-0.05, 0) is 57.4 Å². The summed E-state index contributed by atoms with van der Waals surface area (Å²) in [4.78, 5) is 16.1. The van der Waals surface area contributed by atoms with E-state index in [0.29, 0.717) is 20.4 Å². The molecule has 0 spiro atoms. The molecular formula is C19H13Br2ClN2O. The van der Waals surface area contributed by atoms with Crippen LogP contribution in [-0.4, -0.2) is 10.9 Å². The Balaban J connectivity index is 2.24. The van der Waals surface area contributed by atoms with Gasteiger partial charge >= 0.3 is 0 Å². The lowest BCUT2D eigenvalue weighted by Crippen LogP contribution is -2.12. The van der Waals surface area contributed by atoms with Crippen molar-refractivity contribution in [3.63, 3.8) is 0 Å². The molecule has 0 aliphatic heterocycles. The van der Waals surface area contributed by atoms with E-state index in [4.69, 9.17) is 17.3 Å². The van der Waals surface area contributed by atoms with Crippen LogP contribution in [0.4, 0.5) is 0 Å². The zero-order valence-corrected chi connectivity index (χ0v) is 16.9. The van der Waals surface area contributed by atoms with Crippen molar-refractivity contribution in [2.75, 3.05) is 0 Å². The fourth-order valence-corrected chi connectivity index (χ4v) is 4.12. The number of halogens is 3. The molecule has 0 fully saturated rings. The molecule has 0 aliphatic rings. The summed E-state index contributed by atoms with van der Waals surface area (Å²) >= 11 is 13.4. The van der Waals surface area contributed by atoms with Crippen molar-refractivity contribution in [2.24, 2.45) is 5.73 Å². The molecule has 25 heavy (non-hydrogen) atoms. The first-order valence-corrected chi connectivity index (χ1v) is 9.70. The van der Waals surface area contributed by atoms with E-state index in [0.717, 1.165) is 27.9 Å². The van der Waals surface area contributed by atoms with Gasteiger partial charge in [-0.25, -0.2) is 0 Å². The number of hydrogen-bond acceptors (Lipinski definition) is 2. The lowest BCUT2D eigenvalue weighted by atomic mass is 9.95. The van der Waals surface area contributed by atoms with Crippen LogP contribution in [0, 0.1) is 0 Å². The predicted octanol–water partition coefficient (Wildman–Crippen LogP) is 5.83. The minimum Gasteiger partial charge on any atom is -0.366 e. The lowest BCUT2D eigenvalue weighted by molar-refractivity contribution is 0.0999. The smallest absolute Gasteiger partial charge is 0.249 e. The number of amides is 1. The van der Waals surface area contributed by atoms with Gasteiger partial charge in [-0.2, -0.15) is 0 Å². The van der Waals surface area contributed by atoms with Gasteiger partial charge in [0.1, 0.15) is 0 Å². The normalized spacial score (nSPS) is 10.7. The molecule has 0 aliphatic carbocycles. The van der Waals surface area contributed by atoms with Crippen LogP contribution in [0.2, 0.25) is 5.02 Å². The second kappa shape index (κ2) is 7.68. The van der Waals surface area contributed by atoms with Gasteiger partial charge in [-0.15, -0.1) is 0 Å². The van der Waals surface area contributed by atoms with E-state index in [9.17, 15) is 4.79 Å². The highest BCUT2D eigenvalue weighted by molar-refractivity contribution is 9.10. The highest BCUT2D eigenvalue weighted by Crippen LogP contribution is 2.38. The van der Waals surface area contributed by atoms with Gasteiger partial charge in [0.25, 0.3) is 0 Å². The van der Waals surface area contributed by atoms with Crippen molar-refractivity contribution in [3.8, 4) is 22.4 Å². The molecule has 0 radical (unpaired) electrons. The number of hydrogen-bond donors (Lipinski definition) is 1. The topological polar surface area (TPSA) is 56.0 Å². The van der Waals surface area contributed by atoms with Crippen LogP contribution in [0.5, 0.6) is 0 Å². The number of carbonyl (C=O) groups is 1. The molecule has 0 saturated heterocycles. The molecule has 126 valence electrons. The molecule has 0 saturated carbocycles. The quantitative estimate of drug-likeness (QED) is 0.478. The minimum atomic E-state index is -0.479. The fourth-order valence-electron chi connectivity index (χ4n) is 2.63. The first-order chi connectivity index (χ1) is 12.0. The summed E-state index contributed by atoms with van der Waals surface area (Å²) < 4.78 is 0.672. The summed E-state index contributed by atoms with van der Waals surface area (Å²) in [6, 6.07) is 15.0. The molecule has 1 aromatic heterocycles. The van der Waals surface area contributed by atoms with Crippen LogP contribution in [0.15, 0.2) is 59.2 Å². The summed E-state index contributed by atoms with van der Waals surface area (Å²) in [7, 11) is 0. The molecule has 1 amide bonds. The zero-order valence-electron chi connectivity index (χ0n) is 13.0. The highest BCUT2D eigenvalue weighted by atomic mass is 79.9. The Kier molecular flexibility index (Phi) is 5.57. The second-order valence-electron chi connectivity index (χ2n) is 5.37. The van der Waals surface area contributed by atoms with Gasteiger partial charge in [0, 0.05) is 32.1 Å². The third-order valence-corrected chi connectivity index (χ3v) is 5.59. The monoisotopic (exact) mass is 478 g/mol. The van der Waals surface area contributed by atoms with Crippen LogP contribution in [0.1, 0.15) is 15.9 Å². The van der Waals surface area contributed by atoms with Gasteiger partial charge < -0.3 is 5.73 Å². The Morgan fingerprint density at radius 3 is 2.60 bits per heavy atom. The van der Waals surface area contributed by atoms with Gasteiger partial charge in [-0.1, -0.05) is 45.7 Å². The van der Waals surface area contributed by atoms with Crippen molar-refractivity contribution in [3.05, 3.63) is 75.4 Å². The van der Waals surface area contributed by atoms with Crippen molar-refractivity contribution in [1.82, 2.24) is 4.98 Å². The number of benzene rings is 2. The number of pyridine rings is 1. The third kappa shape index (κ3) is 3.64. The molecule has 6 heteroatoms. The van der Waals surface area contributed by atoms with E-state index in [-0.39, 0.29) is 0 Å². The largest absolute Gasteiger partial charge is 0.366 e. The molecule has 3 nitrogen and oxygen atoms in total. The first kappa shape index (κ1) is 18.1. The van der Waals surface area contributed by atoms with Gasteiger partial charge in [0.2, 0.25) is 5.91 Å². The predicted molar refractivity (Wildman–Crippen MR) is 109 cm³/mol. The van der Waals surface area contributed by atoms with E-state index >= 15 is 0 Å². The van der Waals surface area contributed by atoms with Crippen LogP contribution < -0.4 is 5.73 Å². The summed E-state index contributed by atoms with van der Waals surface area (Å²) in [5.41, 5.74) is 10.4. The van der Waals surface area contributed by atoms with Gasteiger partial charge in [-0.3, -0.25) is 9.78 Å². The standard InChI is InChI=1S/C19H13Br2ClN2O/c20-10-12-4-6-13(19(23)25)18(21)17(12)11-5-7-15(22)14(9-11)16-3-1-2-8-24-16/h1-9H,10H2,(H2,23,25). The maximum atomic E-state index is 11.7. The fraction of sp³-hybridized carbons (Fsp3) is 0.0526. The summed E-state index contributed by atoms with van der Waals surface area (Å²) in [5, 5.41) is 1.26. The molecule has 3 aromatic rings. The molecule has 1 heterocycles. The molecule has 0 bridgehead atoms. The average Bonchev–Trinajstić information content (AvgIpc) is 2.62. The number of nitrogens with zero attached hydrogens (tertiary/aromatic N) is 1. The number of aromatic nitrogens is 1. The Morgan fingerprint density at radius 1 is 1.16 bits per heavy atom. The van der Waals surface area contributed by atoms with Crippen molar-refractivity contribution < 1.29 is 4.79 Å². The second-order valence-corrected chi connectivity index (χ2v) is 7.13. The van der Waals surface area contributed by atoms with Gasteiger partial charge in [0.15, 0.2) is 0 Å². The number of carbonyl (C=O) groups excluding carboxylic acids is 1. The Morgan fingerprint density at radius 2 is 1.96 bits per heavy atom. The average molecular weight is 481 g/mol. The van der Waals surface area contributed by atoms with E-state index in [2.05, 4.69) is 36.8 Å². The van der Waals surface area contributed by atoms with E-state index in [1.807, 2.05) is 42.5 Å². The van der Waals surface area contributed by atoms with Crippen LogP contribution in [0.3, 0.4) is 0 Å². The third-order valence-electron chi connectivity index (χ3n) is 3.83. The molecule has 0 atom stereocenters. The lowest BCUT2D eigenvalue weighted by Gasteiger charge is -2.15. The maximum Gasteiger partial charge on any atom is 0.249 e. The molecule has 3 rings (SSSR count). The number of rotatable bonds is 4. The maximum absolute atomic E-state index is 11.7. The van der Waals surface area contributed by atoms with E-state index < -0.39 is 5.91 Å². The van der Waals surface area contributed by atoms with Crippen LogP contribution in [0.25, 0.3) is 22.4 Å². The van der Waals surface area contributed by atoms with Crippen molar-refractivity contribution in [1.29, 1.82) is 0 Å². The highest BCUT2D eigenvalue weighted by Gasteiger charge is 2.17. The molecule has 0 unspecified atom stereocenters. The first-order valence-electron chi connectivity index (χ1n) is 7.41. The van der Waals surface area contributed by atoms with Crippen LogP contribution >= 0.6 is 43.5 Å². The number of primary amides is 1. The SMILES string of the molecule is NC(=O)c1ccc(CBr)c(-c2ccc(Cl)c(-c3ccccn3)c2)c1Br. The molecule has 2 aromatic carbocycles. The van der Waals surface area contributed by atoms with Gasteiger partial charge in [0.05, 0.1) is 11.3 Å². The number of alkyl halides is 1. The minimum absolute atomic E-state index is 0.439. The summed E-state index contributed by atoms with van der Waals surface area (Å²) in [5.74, 6) is -0.479. The molecule has 2 N–H and O–H groups in total. The zero-order chi connectivity index (χ0) is 18.0. The van der Waals surface area contributed by atoms with E-state index in [1.165, 1.54) is 0 Å². The summed E-state index contributed by atoms with van der Waals surface area (Å²) in [6.45, 7) is 0. The van der Waals surface area contributed by atoms with Crippen molar-refractivity contribution >= 4 is 49.4 Å². The Bertz CT molecular complexity index is 946. The Labute approximate surface area is 167 Å². The Hall–Kier alpha value is -1.69. The number of nitrogens with two attached hydrogens (primary N) is 1. The summed E-state index contributed by atoms with van der Waals surface area (Å²) in [6.07, 6.45) is 1.73. The van der Waals surface area contributed by atoms with E-state index in [1.54, 1.807) is 12.3 Å². The molecular weight excluding hydrogens is 467 g/mol. The van der Waals surface area contributed by atoms with Crippen LogP contribution in [-0.2, 0) is 5.33 Å².